The minimum absolute atomic E-state index is 0.0372. The summed E-state index contributed by atoms with van der Waals surface area (Å²) in [5, 5.41) is 0. The lowest BCUT2D eigenvalue weighted by Gasteiger charge is -2.27. The highest BCUT2D eigenvalue weighted by Gasteiger charge is 2.47. The van der Waals surface area contributed by atoms with Crippen molar-refractivity contribution in [3.63, 3.8) is 0 Å². The van der Waals surface area contributed by atoms with Crippen molar-refractivity contribution in [1.82, 2.24) is 0 Å². The summed E-state index contributed by atoms with van der Waals surface area (Å²) in [6.45, 7) is 8.15. The third-order valence-corrected chi connectivity index (χ3v) is 3.77. The van der Waals surface area contributed by atoms with Gasteiger partial charge in [0.05, 0.1) is 10.1 Å². The lowest BCUT2D eigenvalue weighted by Crippen LogP contribution is -2.36. The molecule has 0 bridgehead atoms. The molecule has 0 amide bonds. The van der Waals surface area contributed by atoms with Gasteiger partial charge in [-0.2, -0.15) is 0 Å². The summed E-state index contributed by atoms with van der Waals surface area (Å²) in [4.78, 5) is 0. The maximum atomic E-state index is 13.2. The van der Waals surface area contributed by atoms with Crippen molar-refractivity contribution in [3.05, 3.63) is 28.5 Å². The molecule has 1 aliphatic rings. The monoisotopic (exact) mass is 316 g/mol. The Kier molecular flexibility index (Phi) is 3.45. The molecule has 0 aromatic heterocycles. The van der Waals surface area contributed by atoms with Crippen molar-refractivity contribution in [1.29, 1.82) is 0 Å². The Bertz CT molecular complexity index is 457. The molecule has 100 valence electrons. The largest absolute Gasteiger partial charge is 0.487 e. The number of ether oxygens (including phenoxy) is 2. The maximum absolute atomic E-state index is 13.2. The van der Waals surface area contributed by atoms with E-state index in [4.69, 9.17) is 9.47 Å². The first-order valence-electron chi connectivity index (χ1n) is 6.01. The van der Waals surface area contributed by atoms with E-state index in [0.29, 0.717) is 10.2 Å². The molecule has 0 N–H and O–H groups in total. The molecule has 1 unspecified atom stereocenters. The van der Waals surface area contributed by atoms with Crippen LogP contribution in [0.15, 0.2) is 22.7 Å². The molecule has 0 aliphatic carbocycles. The molecule has 1 aliphatic heterocycles. The van der Waals surface area contributed by atoms with Crippen molar-refractivity contribution in [2.45, 2.75) is 51.4 Å². The third-order valence-electron chi connectivity index (χ3n) is 3.16. The van der Waals surface area contributed by atoms with Gasteiger partial charge in [-0.15, -0.1) is 0 Å². The number of hydrogen-bond donors (Lipinski definition) is 0. The van der Waals surface area contributed by atoms with Crippen molar-refractivity contribution in [2.75, 3.05) is 0 Å². The molecule has 0 saturated carbocycles. The molecule has 4 heteroatoms. The van der Waals surface area contributed by atoms with E-state index in [1.54, 1.807) is 12.1 Å². The lowest BCUT2D eigenvalue weighted by molar-refractivity contribution is -0.0846. The van der Waals surface area contributed by atoms with E-state index in [9.17, 15) is 4.39 Å². The van der Waals surface area contributed by atoms with Crippen molar-refractivity contribution >= 4 is 15.9 Å². The fourth-order valence-electron chi connectivity index (χ4n) is 2.41. The molecule has 1 aromatic carbocycles. The zero-order valence-electron chi connectivity index (χ0n) is 11.1. The first-order valence-corrected chi connectivity index (χ1v) is 6.81. The average Bonchev–Trinajstić information content (AvgIpc) is 2.40. The smallest absolute Gasteiger partial charge is 0.137 e. The molecule has 2 rings (SSSR count). The van der Waals surface area contributed by atoms with E-state index in [0.717, 1.165) is 6.42 Å². The maximum Gasteiger partial charge on any atom is 0.137 e. The van der Waals surface area contributed by atoms with Crippen molar-refractivity contribution in [3.8, 4) is 5.75 Å². The normalized spacial score (nSPS) is 25.1. The van der Waals surface area contributed by atoms with Gasteiger partial charge < -0.3 is 9.47 Å². The second-order valence-electron chi connectivity index (χ2n) is 5.85. The molecule has 1 saturated heterocycles. The fourth-order valence-corrected chi connectivity index (χ4v) is 2.77. The summed E-state index contributed by atoms with van der Waals surface area (Å²) in [5.74, 6) is 0.368. The second kappa shape index (κ2) is 4.49. The van der Waals surface area contributed by atoms with Gasteiger partial charge in [0.25, 0.3) is 0 Å². The highest BCUT2D eigenvalue weighted by Crippen LogP contribution is 2.39. The average molecular weight is 317 g/mol. The van der Waals surface area contributed by atoms with E-state index < -0.39 is 0 Å². The topological polar surface area (TPSA) is 18.5 Å². The summed E-state index contributed by atoms with van der Waals surface area (Å²) in [5.41, 5.74) is -0.532. The van der Waals surface area contributed by atoms with E-state index in [1.807, 2.05) is 13.8 Å². The van der Waals surface area contributed by atoms with Gasteiger partial charge in [0.1, 0.15) is 23.3 Å². The van der Waals surface area contributed by atoms with E-state index in [1.165, 1.54) is 6.07 Å². The summed E-state index contributed by atoms with van der Waals surface area (Å²) in [7, 11) is 0. The van der Waals surface area contributed by atoms with Crippen LogP contribution in [0.5, 0.6) is 5.75 Å². The van der Waals surface area contributed by atoms with Gasteiger partial charge in [0.15, 0.2) is 0 Å². The predicted molar refractivity (Wildman–Crippen MR) is 72.4 cm³/mol. The summed E-state index contributed by atoms with van der Waals surface area (Å²) < 4.78 is 25.5. The van der Waals surface area contributed by atoms with Crippen LogP contribution in [-0.2, 0) is 4.74 Å². The molecule has 1 atom stereocenters. The number of halogens is 2. The Labute approximate surface area is 116 Å². The van der Waals surface area contributed by atoms with Gasteiger partial charge in [0, 0.05) is 6.42 Å². The van der Waals surface area contributed by atoms with Crippen LogP contribution in [0.4, 0.5) is 4.39 Å². The van der Waals surface area contributed by atoms with E-state index >= 15 is 0 Å². The van der Waals surface area contributed by atoms with Gasteiger partial charge in [0.2, 0.25) is 0 Å². The summed E-state index contributed by atoms with van der Waals surface area (Å²) in [6, 6.07) is 4.69. The van der Waals surface area contributed by atoms with Crippen LogP contribution >= 0.6 is 15.9 Å². The summed E-state index contributed by atoms with van der Waals surface area (Å²) >= 11 is 3.16. The lowest BCUT2D eigenvalue weighted by atomic mass is 9.97. The highest BCUT2D eigenvalue weighted by molar-refractivity contribution is 9.10. The van der Waals surface area contributed by atoms with E-state index in [-0.39, 0.29) is 23.1 Å². The summed E-state index contributed by atoms with van der Waals surface area (Å²) in [6.07, 6.45) is 0.777. The van der Waals surface area contributed by atoms with Crippen LogP contribution in [0.25, 0.3) is 0 Å². The van der Waals surface area contributed by atoms with Crippen LogP contribution in [0.1, 0.15) is 34.1 Å². The van der Waals surface area contributed by atoms with Crippen LogP contribution in [0.3, 0.4) is 0 Å². The van der Waals surface area contributed by atoms with Gasteiger partial charge in [-0.1, -0.05) is 0 Å². The standard InChI is InChI=1S/C14H18BrFO2/c1-13(2)8-12(14(3,4)18-13)17-9-5-6-11(16)10(15)7-9/h5-7,12H,8H2,1-4H3. The van der Waals surface area contributed by atoms with Crippen molar-refractivity contribution < 1.29 is 13.9 Å². The van der Waals surface area contributed by atoms with Crippen molar-refractivity contribution in [2.24, 2.45) is 0 Å². The third kappa shape index (κ3) is 2.86. The molecule has 18 heavy (non-hydrogen) atoms. The quantitative estimate of drug-likeness (QED) is 0.809. The Balaban J connectivity index is 2.16. The molecule has 1 aromatic rings. The second-order valence-corrected chi connectivity index (χ2v) is 6.71. The first kappa shape index (κ1) is 13.8. The molecule has 2 nitrogen and oxygen atoms in total. The molecular formula is C14H18BrFO2. The zero-order valence-corrected chi connectivity index (χ0v) is 12.7. The van der Waals surface area contributed by atoms with Crippen LogP contribution in [0, 0.1) is 5.82 Å². The molecule has 1 heterocycles. The van der Waals surface area contributed by atoms with Crippen LogP contribution in [-0.4, -0.2) is 17.3 Å². The Morgan fingerprint density at radius 1 is 1.33 bits per heavy atom. The van der Waals surface area contributed by atoms with Crippen LogP contribution in [0.2, 0.25) is 0 Å². The first-order chi connectivity index (χ1) is 8.20. The molecule has 0 spiro atoms. The molecule has 1 fully saturated rings. The van der Waals surface area contributed by atoms with Gasteiger partial charge in [-0.25, -0.2) is 4.39 Å². The predicted octanol–water partition coefficient (Wildman–Crippen LogP) is 4.31. The minimum Gasteiger partial charge on any atom is -0.487 e. The fraction of sp³-hybridized carbons (Fsp3) is 0.571. The molecular weight excluding hydrogens is 299 g/mol. The van der Waals surface area contributed by atoms with E-state index in [2.05, 4.69) is 29.8 Å². The van der Waals surface area contributed by atoms with Crippen LogP contribution < -0.4 is 4.74 Å². The minimum atomic E-state index is -0.343. The zero-order chi connectivity index (χ0) is 13.6. The van der Waals surface area contributed by atoms with Gasteiger partial charge in [-0.3, -0.25) is 0 Å². The molecule has 0 radical (unpaired) electrons. The Morgan fingerprint density at radius 2 is 2.00 bits per heavy atom. The number of benzene rings is 1. The van der Waals surface area contributed by atoms with Gasteiger partial charge >= 0.3 is 0 Å². The number of hydrogen-bond acceptors (Lipinski definition) is 2. The number of rotatable bonds is 2. The Hall–Kier alpha value is -0.610. The van der Waals surface area contributed by atoms with Gasteiger partial charge in [-0.05, 0) is 61.8 Å². The highest BCUT2D eigenvalue weighted by atomic mass is 79.9. The SMILES string of the molecule is CC1(C)CC(Oc2ccc(F)c(Br)c2)C(C)(C)O1. The Morgan fingerprint density at radius 3 is 2.50 bits per heavy atom.